The number of nitrogens with zero attached hydrogens (tertiary/aromatic N) is 3. The Labute approximate surface area is 399 Å². The van der Waals surface area contributed by atoms with Gasteiger partial charge in [0.05, 0.1) is 5.41 Å². The molecule has 68 heavy (non-hydrogen) atoms. The molecule has 13 rings (SSSR count). The summed E-state index contributed by atoms with van der Waals surface area (Å²) in [5.41, 5.74) is 16.9. The number of fused-ring (bicyclic) bond motifs is 6. The Morgan fingerprint density at radius 1 is 0.294 bits per heavy atom. The van der Waals surface area contributed by atoms with Gasteiger partial charge in [-0.25, -0.2) is 15.0 Å². The minimum absolute atomic E-state index is 0.458. The maximum Gasteiger partial charge on any atom is 0.165 e. The second kappa shape index (κ2) is 16.4. The van der Waals surface area contributed by atoms with Gasteiger partial charge in [-0.05, 0) is 85.0 Å². The van der Waals surface area contributed by atoms with Crippen LogP contribution in [0, 0.1) is 0 Å². The molecular formula is C64H41N3S. The van der Waals surface area contributed by atoms with Crippen molar-refractivity contribution in [3.8, 4) is 78.7 Å². The molecule has 0 fully saturated rings. The van der Waals surface area contributed by atoms with Crippen LogP contribution in [0.3, 0.4) is 0 Å². The zero-order valence-corrected chi connectivity index (χ0v) is 37.7. The van der Waals surface area contributed by atoms with Crippen molar-refractivity contribution < 1.29 is 0 Å². The Kier molecular flexibility index (Phi) is 9.59. The van der Waals surface area contributed by atoms with Crippen molar-refractivity contribution in [1.29, 1.82) is 0 Å². The van der Waals surface area contributed by atoms with Crippen LogP contribution in [0.25, 0.3) is 98.8 Å². The highest BCUT2D eigenvalue weighted by Crippen LogP contribution is 2.58. The zero-order chi connectivity index (χ0) is 45.0. The zero-order valence-electron chi connectivity index (χ0n) is 36.9. The highest BCUT2D eigenvalue weighted by molar-refractivity contribution is 7.26. The SMILES string of the molecule is c1ccc(-c2ccccc2-c2nc(-c3ccc(-c4cccc(-c5cccc6c5-c5ccccc5C6(c5ccccc5)c5ccccc5)c4)cc3)nc(-c3cccc4c3sc3ccccc34)n2)cc1. The van der Waals surface area contributed by atoms with Gasteiger partial charge in [-0.15, -0.1) is 11.3 Å². The van der Waals surface area contributed by atoms with Crippen LogP contribution in [-0.2, 0) is 5.41 Å². The van der Waals surface area contributed by atoms with E-state index in [0.717, 1.165) is 38.9 Å². The van der Waals surface area contributed by atoms with Crippen LogP contribution < -0.4 is 0 Å². The monoisotopic (exact) mass is 883 g/mol. The largest absolute Gasteiger partial charge is 0.208 e. The minimum Gasteiger partial charge on any atom is -0.208 e. The lowest BCUT2D eigenvalue weighted by atomic mass is 9.67. The van der Waals surface area contributed by atoms with Gasteiger partial charge in [-0.2, -0.15) is 0 Å². The summed E-state index contributed by atoms with van der Waals surface area (Å²) in [6, 6.07) is 89.4. The van der Waals surface area contributed by atoms with Crippen LogP contribution in [0.1, 0.15) is 22.3 Å². The number of thiophene rings is 1. The van der Waals surface area contributed by atoms with Gasteiger partial charge in [0.15, 0.2) is 17.5 Å². The molecule has 0 saturated carbocycles. The van der Waals surface area contributed by atoms with Crippen molar-refractivity contribution in [3.63, 3.8) is 0 Å². The second-order valence-corrected chi connectivity index (χ2v) is 18.5. The fourth-order valence-electron chi connectivity index (χ4n) is 10.6. The van der Waals surface area contributed by atoms with Crippen LogP contribution in [0.2, 0.25) is 0 Å². The van der Waals surface area contributed by atoms with Gasteiger partial charge in [0.1, 0.15) is 0 Å². The number of hydrogen-bond acceptors (Lipinski definition) is 4. The predicted molar refractivity (Wildman–Crippen MR) is 283 cm³/mol. The number of benzene rings is 10. The maximum atomic E-state index is 5.28. The summed E-state index contributed by atoms with van der Waals surface area (Å²) in [4.78, 5) is 15.8. The molecule has 2 aromatic heterocycles. The van der Waals surface area contributed by atoms with E-state index in [-0.39, 0.29) is 0 Å². The molecule has 0 unspecified atom stereocenters. The Balaban J connectivity index is 0.924. The van der Waals surface area contributed by atoms with Crippen molar-refractivity contribution in [2.24, 2.45) is 0 Å². The molecule has 0 radical (unpaired) electrons. The van der Waals surface area contributed by atoms with E-state index in [1.165, 1.54) is 64.7 Å². The Bertz CT molecular complexity index is 3800. The molecule has 2 heterocycles. The van der Waals surface area contributed by atoms with Crippen molar-refractivity contribution in [3.05, 3.63) is 271 Å². The predicted octanol–water partition coefficient (Wildman–Crippen LogP) is 16.6. The van der Waals surface area contributed by atoms with Crippen molar-refractivity contribution in [2.45, 2.75) is 5.41 Å². The molecule has 1 aliphatic carbocycles. The van der Waals surface area contributed by atoms with Crippen molar-refractivity contribution in [1.82, 2.24) is 15.0 Å². The van der Waals surface area contributed by atoms with Gasteiger partial charge in [0.2, 0.25) is 0 Å². The van der Waals surface area contributed by atoms with Crippen molar-refractivity contribution >= 4 is 31.5 Å². The van der Waals surface area contributed by atoms with Crippen molar-refractivity contribution in [2.75, 3.05) is 0 Å². The van der Waals surface area contributed by atoms with E-state index in [2.05, 4.69) is 243 Å². The smallest absolute Gasteiger partial charge is 0.165 e. The van der Waals surface area contributed by atoms with E-state index >= 15 is 0 Å². The summed E-state index contributed by atoms with van der Waals surface area (Å²) in [6.07, 6.45) is 0. The van der Waals surface area contributed by atoms with Gasteiger partial charge in [0.25, 0.3) is 0 Å². The van der Waals surface area contributed by atoms with E-state index in [4.69, 9.17) is 15.0 Å². The first kappa shape index (κ1) is 39.8. The quantitative estimate of drug-likeness (QED) is 0.153. The van der Waals surface area contributed by atoms with E-state index in [1.807, 2.05) is 6.07 Å². The Morgan fingerprint density at radius 2 is 0.794 bits per heavy atom. The van der Waals surface area contributed by atoms with Crippen LogP contribution in [0.5, 0.6) is 0 Å². The molecular weight excluding hydrogens is 843 g/mol. The first-order valence-corrected chi connectivity index (χ1v) is 23.9. The van der Waals surface area contributed by atoms with Gasteiger partial charge >= 0.3 is 0 Å². The van der Waals surface area contributed by atoms with E-state index < -0.39 is 5.41 Å². The average Bonchev–Trinajstić information content (AvgIpc) is 3.96. The lowest BCUT2D eigenvalue weighted by Gasteiger charge is -2.34. The van der Waals surface area contributed by atoms with Crippen LogP contribution in [0.4, 0.5) is 0 Å². The lowest BCUT2D eigenvalue weighted by Crippen LogP contribution is -2.28. The van der Waals surface area contributed by atoms with Gasteiger partial charge < -0.3 is 0 Å². The summed E-state index contributed by atoms with van der Waals surface area (Å²) < 4.78 is 2.41. The molecule has 318 valence electrons. The molecule has 0 amide bonds. The van der Waals surface area contributed by atoms with Gasteiger partial charge in [-0.3, -0.25) is 0 Å². The number of aromatic nitrogens is 3. The highest BCUT2D eigenvalue weighted by Gasteiger charge is 2.46. The molecule has 0 spiro atoms. The second-order valence-electron chi connectivity index (χ2n) is 17.4. The first-order chi connectivity index (χ1) is 33.7. The molecule has 0 N–H and O–H groups in total. The average molecular weight is 884 g/mol. The van der Waals surface area contributed by atoms with Crippen LogP contribution >= 0.6 is 11.3 Å². The third-order valence-electron chi connectivity index (χ3n) is 13.7. The van der Waals surface area contributed by atoms with E-state index in [1.54, 1.807) is 11.3 Å². The number of rotatable bonds is 8. The Morgan fingerprint density at radius 3 is 1.56 bits per heavy atom. The first-order valence-electron chi connectivity index (χ1n) is 23.1. The molecule has 12 aromatic rings. The third-order valence-corrected chi connectivity index (χ3v) is 14.9. The van der Waals surface area contributed by atoms with Crippen LogP contribution in [0.15, 0.2) is 249 Å². The van der Waals surface area contributed by atoms with Gasteiger partial charge in [-0.1, -0.05) is 231 Å². The highest BCUT2D eigenvalue weighted by atomic mass is 32.1. The standard InChI is InChI=1S/C64H41N3S/c1-4-19-43(20-5-1)49-27-10-11-29-53(49)62-65-61(66-63(67-62)55-33-17-32-52-51-28-13-15-36-58(51)68-60(52)55)44-39-37-42(38-40-44)45-21-16-22-46(41-45)50-31-18-35-57-59(50)54-30-12-14-34-56(54)64(57,47-23-6-2-7-24-47)48-25-8-3-9-26-48/h1-41H. The lowest BCUT2D eigenvalue weighted by molar-refractivity contribution is 0.768. The fourth-order valence-corrected chi connectivity index (χ4v) is 11.8. The third kappa shape index (κ3) is 6.45. The topological polar surface area (TPSA) is 38.7 Å². The van der Waals surface area contributed by atoms with Gasteiger partial charge in [0, 0.05) is 36.9 Å². The van der Waals surface area contributed by atoms with E-state index in [0.29, 0.717) is 17.5 Å². The molecule has 0 saturated heterocycles. The summed E-state index contributed by atoms with van der Waals surface area (Å²) in [5, 5.41) is 2.45. The Hall–Kier alpha value is -8.57. The van der Waals surface area contributed by atoms with Crippen LogP contribution in [-0.4, -0.2) is 15.0 Å². The maximum absolute atomic E-state index is 5.28. The van der Waals surface area contributed by atoms with E-state index in [9.17, 15) is 0 Å². The fraction of sp³-hybridized carbons (Fsp3) is 0.0156. The molecule has 4 heteroatoms. The number of hydrogen-bond donors (Lipinski definition) is 0. The summed E-state index contributed by atoms with van der Waals surface area (Å²) in [5.74, 6) is 1.92. The molecule has 0 atom stereocenters. The minimum atomic E-state index is -0.458. The summed E-state index contributed by atoms with van der Waals surface area (Å²) in [7, 11) is 0. The molecule has 3 nitrogen and oxygen atoms in total. The molecule has 10 aromatic carbocycles. The summed E-state index contributed by atoms with van der Waals surface area (Å²) >= 11 is 1.79. The summed E-state index contributed by atoms with van der Waals surface area (Å²) in [6.45, 7) is 0. The normalized spacial score (nSPS) is 12.5. The molecule has 1 aliphatic rings. The molecule has 0 bridgehead atoms. The molecule has 0 aliphatic heterocycles.